The number of alkyl halides is 1. The first-order chi connectivity index (χ1) is 7.12. The van der Waals surface area contributed by atoms with E-state index < -0.39 is 4.87 Å². The standard InChI is InChI=1S/C14H17Cl/c1-4-9-12(5-2)14(3,15)13-10-7-6-8-11-13/h4-11H,1-3H3. The molecular weight excluding hydrogens is 204 g/mol. The minimum atomic E-state index is -0.442. The maximum atomic E-state index is 6.59. The topological polar surface area (TPSA) is 0 Å². The summed E-state index contributed by atoms with van der Waals surface area (Å²) in [5, 5.41) is 0. The highest BCUT2D eigenvalue weighted by atomic mass is 35.5. The Hall–Kier alpha value is -1.01. The normalized spacial score (nSPS) is 16.7. The summed E-state index contributed by atoms with van der Waals surface area (Å²) in [5.74, 6) is 0. The molecule has 0 saturated carbocycles. The fourth-order valence-corrected chi connectivity index (χ4v) is 1.92. The molecule has 0 amide bonds. The quantitative estimate of drug-likeness (QED) is 0.513. The van der Waals surface area contributed by atoms with E-state index in [1.165, 1.54) is 0 Å². The second-order valence-corrected chi connectivity index (χ2v) is 4.37. The maximum absolute atomic E-state index is 6.59. The van der Waals surface area contributed by atoms with E-state index in [1.807, 2.05) is 45.0 Å². The van der Waals surface area contributed by atoms with Crippen LogP contribution in [-0.4, -0.2) is 0 Å². The first-order valence-electron chi connectivity index (χ1n) is 5.17. The average Bonchev–Trinajstić information content (AvgIpc) is 2.27. The zero-order valence-electron chi connectivity index (χ0n) is 9.50. The molecule has 1 atom stereocenters. The van der Waals surface area contributed by atoms with Gasteiger partial charge < -0.3 is 0 Å². The molecule has 0 saturated heterocycles. The molecule has 1 rings (SSSR count). The monoisotopic (exact) mass is 220 g/mol. The van der Waals surface area contributed by atoms with Crippen molar-refractivity contribution in [2.45, 2.75) is 25.6 Å². The Morgan fingerprint density at radius 2 is 1.80 bits per heavy atom. The molecule has 1 heteroatoms. The van der Waals surface area contributed by atoms with E-state index in [4.69, 9.17) is 11.6 Å². The maximum Gasteiger partial charge on any atom is 0.0912 e. The molecule has 1 unspecified atom stereocenters. The van der Waals surface area contributed by atoms with Gasteiger partial charge in [0.15, 0.2) is 0 Å². The molecule has 0 heterocycles. The van der Waals surface area contributed by atoms with Gasteiger partial charge in [0.2, 0.25) is 0 Å². The van der Waals surface area contributed by atoms with Crippen LogP contribution in [0.25, 0.3) is 0 Å². The van der Waals surface area contributed by atoms with Crippen molar-refractivity contribution in [3.8, 4) is 0 Å². The summed E-state index contributed by atoms with van der Waals surface area (Å²) < 4.78 is 0. The molecule has 0 aliphatic rings. The molecule has 15 heavy (non-hydrogen) atoms. The van der Waals surface area contributed by atoms with Gasteiger partial charge in [0.25, 0.3) is 0 Å². The van der Waals surface area contributed by atoms with Gasteiger partial charge in [-0.05, 0) is 31.9 Å². The Labute approximate surface area is 97.3 Å². The zero-order valence-corrected chi connectivity index (χ0v) is 10.3. The fourth-order valence-electron chi connectivity index (χ4n) is 1.62. The van der Waals surface area contributed by atoms with Crippen molar-refractivity contribution in [1.82, 2.24) is 0 Å². The van der Waals surface area contributed by atoms with E-state index in [0.717, 1.165) is 11.1 Å². The number of halogens is 1. The lowest BCUT2D eigenvalue weighted by Gasteiger charge is -2.24. The van der Waals surface area contributed by atoms with Crippen LogP contribution < -0.4 is 0 Å². The van der Waals surface area contributed by atoms with Gasteiger partial charge in [-0.3, -0.25) is 0 Å². The third-order valence-electron chi connectivity index (χ3n) is 2.52. The van der Waals surface area contributed by atoms with Gasteiger partial charge in [0.1, 0.15) is 0 Å². The van der Waals surface area contributed by atoms with Crippen LogP contribution in [0.1, 0.15) is 26.3 Å². The molecule has 1 aromatic carbocycles. The summed E-state index contributed by atoms with van der Waals surface area (Å²) in [6, 6.07) is 10.1. The van der Waals surface area contributed by atoms with Crippen LogP contribution in [0, 0.1) is 0 Å². The highest BCUT2D eigenvalue weighted by Crippen LogP contribution is 2.36. The molecule has 0 bridgehead atoms. The molecule has 0 nitrogen and oxygen atoms in total. The van der Waals surface area contributed by atoms with Crippen molar-refractivity contribution in [2.75, 3.05) is 0 Å². The van der Waals surface area contributed by atoms with Crippen molar-refractivity contribution in [1.29, 1.82) is 0 Å². The van der Waals surface area contributed by atoms with Gasteiger partial charge in [0.05, 0.1) is 4.87 Å². The van der Waals surface area contributed by atoms with Crippen molar-refractivity contribution >= 4 is 11.6 Å². The molecule has 0 spiro atoms. The highest BCUT2D eigenvalue weighted by Gasteiger charge is 2.25. The molecule has 0 fully saturated rings. The van der Waals surface area contributed by atoms with Crippen LogP contribution in [0.15, 0.2) is 54.1 Å². The second-order valence-electron chi connectivity index (χ2n) is 3.61. The van der Waals surface area contributed by atoms with Crippen LogP contribution in [0.2, 0.25) is 0 Å². The number of rotatable bonds is 3. The largest absolute Gasteiger partial charge is 0.109 e. The Balaban J connectivity index is 3.12. The number of hydrogen-bond donors (Lipinski definition) is 0. The Kier molecular flexibility index (Phi) is 4.16. The van der Waals surface area contributed by atoms with Gasteiger partial charge in [-0.2, -0.15) is 0 Å². The fraction of sp³-hybridized carbons (Fsp3) is 0.286. The minimum absolute atomic E-state index is 0.442. The van der Waals surface area contributed by atoms with Gasteiger partial charge in [0, 0.05) is 0 Å². The molecule has 80 valence electrons. The molecule has 0 aliphatic heterocycles. The highest BCUT2D eigenvalue weighted by molar-refractivity contribution is 6.26. The van der Waals surface area contributed by atoms with E-state index >= 15 is 0 Å². The smallest absolute Gasteiger partial charge is 0.0912 e. The second kappa shape index (κ2) is 5.18. The van der Waals surface area contributed by atoms with Crippen LogP contribution >= 0.6 is 11.6 Å². The van der Waals surface area contributed by atoms with Crippen molar-refractivity contribution in [3.63, 3.8) is 0 Å². The Morgan fingerprint density at radius 1 is 1.20 bits per heavy atom. The van der Waals surface area contributed by atoms with Gasteiger partial charge in [-0.15, -0.1) is 11.6 Å². The van der Waals surface area contributed by atoms with E-state index in [0.29, 0.717) is 0 Å². The minimum Gasteiger partial charge on any atom is -0.109 e. The summed E-state index contributed by atoms with van der Waals surface area (Å²) in [6.07, 6.45) is 6.12. The molecule has 0 aliphatic carbocycles. The van der Waals surface area contributed by atoms with Crippen molar-refractivity contribution in [3.05, 3.63) is 59.7 Å². The van der Waals surface area contributed by atoms with Crippen LogP contribution in [0.5, 0.6) is 0 Å². The number of allylic oxidation sites excluding steroid dienone is 4. The lowest BCUT2D eigenvalue weighted by atomic mass is 9.91. The molecule has 1 aromatic rings. The van der Waals surface area contributed by atoms with E-state index in [-0.39, 0.29) is 0 Å². The summed E-state index contributed by atoms with van der Waals surface area (Å²) in [5.41, 5.74) is 2.25. The van der Waals surface area contributed by atoms with Crippen LogP contribution in [0.3, 0.4) is 0 Å². The lowest BCUT2D eigenvalue weighted by Crippen LogP contribution is -2.15. The summed E-state index contributed by atoms with van der Waals surface area (Å²) in [7, 11) is 0. The number of hydrogen-bond acceptors (Lipinski definition) is 0. The molecular formula is C14H17Cl. The first-order valence-corrected chi connectivity index (χ1v) is 5.54. The Morgan fingerprint density at radius 3 is 2.27 bits per heavy atom. The third-order valence-corrected chi connectivity index (χ3v) is 2.95. The van der Waals surface area contributed by atoms with Gasteiger partial charge >= 0.3 is 0 Å². The molecule has 0 aromatic heterocycles. The zero-order chi connectivity index (χ0) is 11.3. The molecule has 0 N–H and O–H groups in total. The van der Waals surface area contributed by atoms with Gasteiger partial charge in [-0.25, -0.2) is 0 Å². The average molecular weight is 221 g/mol. The lowest BCUT2D eigenvalue weighted by molar-refractivity contribution is 0.818. The van der Waals surface area contributed by atoms with E-state index in [1.54, 1.807) is 0 Å². The third kappa shape index (κ3) is 2.73. The predicted molar refractivity (Wildman–Crippen MR) is 68.2 cm³/mol. The predicted octanol–water partition coefficient (Wildman–Crippen LogP) is 4.66. The summed E-state index contributed by atoms with van der Waals surface area (Å²) in [4.78, 5) is -0.442. The first kappa shape index (κ1) is 12.1. The SMILES string of the molecule is CC=CC(=CC)C(C)(Cl)c1ccccc1. The van der Waals surface area contributed by atoms with Crippen LogP contribution in [0.4, 0.5) is 0 Å². The van der Waals surface area contributed by atoms with Crippen LogP contribution in [-0.2, 0) is 4.87 Å². The number of benzene rings is 1. The van der Waals surface area contributed by atoms with E-state index in [2.05, 4.69) is 24.3 Å². The Bertz CT molecular complexity index is 358. The van der Waals surface area contributed by atoms with Crippen molar-refractivity contribution in [2.24, 2.45) is 0 Å². The van der Waals surface area contributed by atoms with E-state index in [9.17, 15) is 0 Å². The van der Waals surface area contributed by atoms with Gasteiger partial charge in [-0.1, -0.05) is 48.6 Å². The van der Waals surface area contributed by atoms with Crippen molar-refractivity contribution < 1.29 is 0 Å². The summed E-state index contributed by atoms with van der Waals surface area (Å²) in [6.45, 7) is 6.04. The molecule has 0 radical (unpaired) electrons. The summed E-state index contributed by atoms with van der Waals surface area (Å²) >= 11 is 6.59.